The monoisotopic (exact) mass is 516 g/mol. The molecule has 0 saturated carbocycles. The van der Waals surface area contributed by atoms with E-state index in [1.165, 1.54) is 21.8 Å². The summed E-state index contributed by atoms with van der Waals surface area (Å²) in [5.41, 5.74) is 2.32. The van der Waals surface area contributed by atoms with Gasteiger partial charge in [-0.3, -0.25) is 14.5 Å². The largest absolute Gasteiger partial charge is 0.508 e. The minimum Gasteiger partial charge on any atom is -0.508 e. The fourth-order valence-corrected chi connectivity index (χ4v) is 4.07. The lowest BCUT2D eigenvalue weighted by Gasteiger charge is -2.34. The second-order valence-electron chi connectivity index (χ2n) is 10.3. The number of carbonyl (C=O) groups is 2. The standard InChI is InChI=1S/C28H32N6O4/c1-17-7-8-18(2)22(15-17)34(24(36)16-33-31-26(30-32-33)23-14-9-19(3)38-23)25(27(37)29-28(4,5)6)20-10-12-21(35)13-11-20/h7-15,25,35H,16H2,1-6H3,(H,29,37)/t25-/m0/s1. The molecule has 0 aliphatic heterocycles. The molecule has 0 radical (unpaired) electrons. The van der Waals surface area contributed by atoms with Gasteiger partial charge in [-0.1, -0.05) is 24.3 Å². The first-order valence-corrected chi connectivity index (χ1v) is 12.3. The van der Waals surface area contributed by atoms with Gasteiger partial charge in [-0.05, 0) is 93.8 Å². The molecule has 2 amide bonds. The van der Waals surface area contributed by atoms with Gasteiger partial charge < -0.3 is 14.8 Å². The highest BCUT2D eigenvalue weighted by molar-refractivity contribution is 6.02. The first-order chi connectivity index (χ1) is 17.9. The minimum atomic E-state index is -1.03. The lowest BCUT2D eigenvalue weighted by atomic mass is 9.99. The van der Waals surface area contributed by atoms with Crippen LogP contribution in [-0.2, 0) is 16.1 Å². The van der Waals surface area contributed by atoms with Crippen LogP contribution in [0.15, 0.2) is 59.0 Å². The van der Waals surface area contributed by atoms with E-state index in [1.807, 2.05) is 59.7 Å². The molecule has 1 atom stereocenters. The molecule has 2 aromatic carbocycles. The number of phenols is 1. The van der Waals surface area contributed by atoms with Crippen LogP contribution in [-0.4, -0.2) is 42.7 Å². The van der Waals surface area contributed by atoms with E-state index in [1.54, 1.807) is 24.3 Å². The van der Waals surface area contributed by atoms with E-state index in [0.717, 1.165) is 11.1 Å². The van der Waals surface area contributed by atoms with Gasteiger partial charge in [-0.25, -0.2) is 0 Å². The van der Waals surface area contributed by atoms with Crippen LogP contribution in [0.25, 0.3) is 11.6 Å². The molecule has 0 aliphatic rings. The topological polar surface area (TPSA) is 126 Å². The molecule has 10 heteroatoms. The van der Waals surface area contributed by atoms with Crippen molar-refractivity contribution in [3.05, 3.63) is 77.0 Å². The van der Waals surface area contributed by atoms with Crippen molar-refractivity contribution in [3.8, 4) is 17.3 Å². The predicted octanol–water partition coefficient (Wildman–Crippen LogP) is 4.25. The van der Waals surface area contributed by atoms with Crippen molar-refractivity contribution in [1.82, 2.24) is 25.5 Å². The lowest BCUT2D eigenvalue weighted by Crippen LogP contribution is -2.50. The maximum Gasteiger partial charge on any atom is 0.251 e. The van der Waals surface area contributed by atoms with E-state index in [9.17, 15) is 14.7 Å². The van der Waals surface area contributed by atoms with Crippen molar-refractivity contribution in [3.63, 3.8) is 0 Å². The summed E-state index contributed by atoms with van der Waals surface area (Å²) in [6.45, 7) is 11.0. The Morgan fingerprint density at radius 3 is 2.39 bits per heavy atom. The number of carbonyl (C=O) groups excluding carboxylic acids is 2. The van der Waals surface area contributed by atoms with Crippen molar-refractivity contribution in [2.24, 2.45) is 0 Å². The second kappa shape index (κ2) is 10.5. The van der Waals surface area contributed by atoms with Crippen LogP contribution < -0.4 is 10.2 Å². The number of hydrogen-bond acceptors (Lipinski definition) is 7. The average molecular weight is 517 g/mol. The fraction of sp³-hybridized carbons (Fsp3) is 0.321. The van der Waals surface area contributed by atoms with Crippen molar-refractivity contribution < 1.29 is 19.1 Å². The third-order valence-corrected chi connectivity index (χ3v) is 5.80. The first-order valence-electron chi connectivity index (χ1n) is 12.3. The van der Waals surface area contributed by atoms with Crippen molar-refractivity contribution in [2.45, 2.75) is 59.7 Å². The molecule has 10 nitrogen and oxygen atoms in total. The maximum absolute atomic E-state index is 14.0. The van der Waals surface area contributed by atoms with E-state index >= 15 is 0 Å². The van der Waals surface area contributed by atoms with Gasteiger partial charge in [0.25, 0.3) is 5.91 Å². The first kappa shape index (κ1) is 26.6. The normalized spacial score (nSPS) is 12.3. The van der Waals surface area contributed by atoms with Crippen LogP contribution in [0.4, 0.5) is 5.69 Å². The van der Waals surface area contributed by atoms with Gasteiger partial charge in [0.2, 0.25) is 11.7 Å². The van der Waals surface area contributed by atoms with Crippen molar-refractivity contribution >= 4 is 17.5 Å². The number of rotatable bonds is 7. The third-order valence-electron chi connectivity index (χ3n) is 5.80. The molecule has 0 aliphatic carbocycles. The number of nitrogens with one attached hydrogen (secondary N) is 1. The van der Waals surface area contributed by atoms with Crippen LogP contribution in [0.1, 0.15) is 49.3 Å². The van der Waals surface area contributed by atoms with Crippen LogP contribution in [0.3, 0.4) is 0 Å². The lowest BCUT2D eigenvalue weighted by molar-refractivity contribution is -0.128. The smallest absolute Gasteiger partial charge is 0.251 e. The van der Waals surface area contributed by atoms with E-state index < -0.39 is 17.5 Å². The van der Waals surface area contributed by atoms with Crippen LogP contribution >= 0.6 is 0 Å². The number of hydrogen-bond donors (Lipinski definition) is 2. The molecule has 0 spiro atoms. The molecule has 0 unspecified atom stereocenters. The Bertz CT molecular complexity index is 1450. The molecule has 2 aromatic heterocycles. The number of amides is 2. The summed E-state index contributed by atoms with van der Waals surface area (Å²) in [6, 6.07) is 14.5. The number of aryl methyl sites for hydroxylation is 3. The Morgan fingerprint density at radius 1 is 1.05 bits per heavy atom. The SMILES string of the molecule is Cc1ccc(C)c(N(C(=O)Cn2nnc(-c3ccc(C)o3)n2)[C@H](C(=O)NC(C)(C)C)c2ccc(O)cc2)c1. The Kier molecular flexibility index (Phi) is 7.34. The molecule has 0 saturated heterocycles. The molecular weight excluding hydrogens is 484 g/mol. The van der Waals surface area contributed by atoms with E-state index in [0.29, 0.717) is 22.8 Å². The maximum atomic E-state index is 14.0. The molecule has 2 heterocycles. The van der Waals surface area contributed by atoms with Gasteiger partial charge in [0.15, 0.2) is 5.76 Å². The molecule has 38 heavy (non-hydrogen) atoms. The van der Waals surface area contributed by atoms with Gasteiger partial charge in [-0.2, -0.15) is 4.80 Å². The van der Waals surface area contributed by atoms with Gasteiger partial charge in [0, 0.05) is 11.2 Å². The number of aromatic nitrogens is 4. The number of furan rings is 1. The number of benzene rings is 2. The molecule has 0 fully saturated rings. The summed E-state index contributed by atoms with van der Waals surface area (Å²) in [7, 11) is 0. The number of anilines is 1. The molecule has 198 valence electrons. The number of phenolic OH excluding ortho intramolecular Hbond substituents is 1. The predicted molar refractivity (Wildman–Crippen MR) is 142 cm³/mol. The van der Waals surface area contributed by atoms with Crippen molar-refractivity contribution in [2.75, 3.05) is 4.90 Å². The van der Waals surface area contributed by atoms with E-state index in [2.05, 4.69) is 20.7 Å². The summed E-state index contributed by atoms with van der Waals surface area (Å²) < 4.78 is 5.57. The zero-order valence-electron chi connectivity index (χ0n) is 22.4. The van der Waals surface area contributed by atoms with Gasteiger partial charge >= 0.3 is 0 Å². The number of tetrazole rings is 1. The van der Waals surface area contributed by atoms with Crippen LogP contribution in [0.2, 0.25) is 0 Å². The van der Waals surface area contributed by atoms with Crippen LogP contribution in [0, 0.1) is 20.8 Å². The highest BCUT2D eigenvalue weighted by atomic mass is 16.3. The average Bonchev–Trinajstić information content (AvgIpc) is 3.47. The van der Waals surface area contributed by atoms with Gasteiger partial charge in [-0.15, -0.1) is 10.2 Å². The quantitative estimate of drug-likeness (QED) is 0.376. The Balaban J connectivity index is 1.79. The molecule has 4 rings (SSSR count). The summed E-state index contributed by atoms with van der Waals surface area (Å²) in [5.74, 6) is 0.677. The summed E-state index contributed by atoms with van der Waals surface area (Å²) in [6.07, 6.45) is 0. The highest BCUT2D eigenvalue weighted by Gasteiger charge is 2.35. The van der Waals surface area contributed by atoms with Gasteiger partial charge in [0.05, 0.1) is 0 Å². The molecular formula is C28H32N6O4. The summed E-state index contributed by atoms with van der Waals surface area (Å²) in [5, 5.41) is 25.3. The Hall–Kier alpha value is -4.47. The zero-order chi connectivity index (χ0) is 27.6. The second-order valence-corrected chi connectivity index (χ2v) is 10.3. The molecule has 4 aromatic rings. The Morgan fingerprint density at radius 2 is 1.76 bits per heavy atom. The summed E-state index contributed by atoms with van der Waals surface area (Å²) >= 11 is 0. The number of aromatic hydroxyl groups is 1. The minimum absolute atomic E-state index is 0.0563. The van der Waals surface area contributed by atoms with Gasteiger partial charge in [0.1, 0.15) is 24.1 Å². The number of nitrogens with zero attached hydrogens (tertiary/aromatic N) is 5. The highest BCUT2D eigenvalue weighted by Crippen LogP contribution is 2.33. The molecule has 2 N–H and O–H groups in total. The van der Waals surface area contributed by atoms with E-state index in [-0.39, 0.29) is 24.0 Å². The zero-order valence-corrected chi connectivity index (χ0v) is 22.4. The Labute approximate surface area is 221 Å². The molecule has 0 bridgehead atoms. The van der Waals surface area contributed by atoms with Crippen molar-refractivity contribution in [1.29, 1.82) is 0 Å². The third kappa shape index (κ3) is 6.08. The fourth-order valence-electron chi connectivity index (χ4n) is 4.07. The van der Waals surface area contributed by atoms with E-state index in [4.69, 9.17) is 4.42 Å². The summed E-state index contributed by atoms with van der Waals surface area (Å²) in [4.78, 5) is 30.4. The van der Waals surface area contributed by atoms with Crippen LogP contribution in [0.5, 0.6) is 5.75 Å².